The van der Waals surface area contributed by atoms with E-state index >= 15 is 0 Å². The predicted molar refractivity (Wildman–Crippen MR) is 121 cm³/mol. The molecule has 0 bridgehead atoms. The zero-order chi connectivity index (χ0) is 23.1. The SMILES string of the molecule is COC(=O)CCCCCC(c1ccc(F)cc1)c1c(C)c(C(C)=O)c(C)c(C)c1OC. The van der Waals surface area contributed by atoms with Gasteiger partial charge in [0.05, 0.1) is 14.2 Å². The highest BCUT2D eigenvalue weighted by Crippen LogP contribution is 2.42. The molecule has 0 N–H and O–H groups in total. The van der Waals surface area contributed by atoms with Crippen LogP contribution in [0.2, 0.25) is 0 Å². The maximum Gasteiger partial charge on any atom is 0.305 e. The molecule has 0 spiro atoms. The number of carbonyl (C=O) groups is 2. The number of halogens is 1. The Kier molecular flexibility index (Phi) is 8.78. The maximum atomic E-state index is 13.6. The number of Topliss-reactive ketones (excluding diaryl/α,β-unsaturated/α-hetero) is 1. The first kappa shape index (κ1) is 24.6. The van der Waals surface area contributed by atoms with Gasteiger partial charge in [0, 0.05) is 23.5 Å². The fraction of sp³-hybridized carbons (Fsp3) is 0.462. The summed E-state index contributed by atoms with van der Waals surface area (Å²) in [4.78, 5) is 23.8. The zero-order valence-electron chi connectivity index (χ0n) is 19.4. The Morgan fingerprint density at radius 2 is 1.58 bits per heavy atom. The van der Waals surface area contributed by atoms with Gasteiger partial charge >= 0.3 is 5.97 Å². The van der Waals surface area contributed by atoms with Crippen molar-refractivity contribution in [2.45, 2.75) is 65.7 Å². The number of esters is 1. The number of carbonyl (C=O) groups excluding carboxylic acids is 2. The number of hydrogen-bond donors (Lipinski definition) is 0. The number of benzene rings is 2. The lowest BCUT2D eigenvalue weighted by Gasteiger charge is -2.27. The monoisotopic (exact) mass is 428 g/mol. The largest absolute Gasteiger partial charge is 0.496 e. The van der Waals surface area contributed by atoms with E-state index in [1.54, 1.807) is 26.2 Å². The van der Waals surface area contributed by atoms with Crippen LogP contribution in [0.5, 0.6) is 5.75 Å². The average molecular weight is 429 g/mol. The van der Waals surface area contributed by atoms with Crippen molar-refractivity contribution in [2.75, 3.05) is 14.2 Å². The van der Waals surface area contributed by atoms with Crippen LogP contribution in [-0.4, -0.2) is 26.0 Å². The summed E-state index contributed by atoms with van der Waals surface area (Å²) >= 11 is 0. The second kappa shape index (κ2) is 11.1. The van der Waals surface area contributed by atoms with E-state index in [2.05, 4.69) is 0 Å². The summed E-state index contributed by atoms with van der Waals surface area (Å²) < 4.78 is 24.1. The maximum absolute atomic E-state index is 13.6. The molecule has 5 heteroatoms. The summed E-state index contributed by atoms with van der Waals surface area (Å²) in [6.07, 6.45) is 3.70. The van der Waals surface area contributed by atoms with E-state index in [1.165, 1.54) is 19.2 Å². The standard InChI is InChI=1S/C26H33FO4/c1-16-17(2)26(31-6)25(18(3)24(16)19(4)28)22(20-12-14-21(27)15-13-20)10-8-7-9-11-23(29)30-5/h12-15,22H,7-11H2,1-6H3. The summed E-state index contributed by atoms with van der Waals surface area (Å²) in [5.74, 6) is 0.273. The molecular weight excluding hydrogens is 395 g/mol. The van der Waals surface area contributed by atoms with Crippen molar-refractivity contribution < 1.29 is 23.5 Å². The van der Waals surface area contributed by atoms with Gasteiger partial charge in [-0.25, -0.2) is 4.39 Å². The van der Waals surface area contributed by atoms with Gasteiger partial charge in [-0.05, 0) is 74.9 Å². The molecule has 1 unspecified atom stereocenters. The minimum Gasteiger partial charge on any atom is -0.496 e. The molecule has 1 atom stereocenters. The second-order valence-electron chi connectivity index (χ2n) is 8.03. The Balaban J connectivity index is 2.49. The number of unbranched alkanes of at least 4 members (excludes halogenated alkanes) is 2. The first-order valence-electron chi connectivity index (χ1n) is 10.7. The van der Waals surface area contributed by atoms with Crippen LogP contribution in [0, 0.1) is 26.6 Å². The lowest BCUT2D eigenvalue weighted by molar-refractivity contribution is -0.140. The lowest BCUT2D eigenvalue weighted by Crippen LogP contribution is -2.13. The Hall–Kier alpha value is -2.69. The van der Waals surface area contributed by atoms with Crippen molar-refractivity contribution in [1.82, 2.24) is 0 Å². The smallest absolute Gasteiger partial charge is 0.305 e. The molecule has 2 aromatic rings. The van der Waals surface area contributed by atoms with Gasteiger partial charge < -0.3 is 9.47 Å². The summed E-state index contributed by atoms with van der Waals surface area (Å²) in [5.41, 5.74) is 5.49. The van der Waals surface area contributed by atoms with Gasteiger partial charge in [0.1, 0.15) is 11.6 Å². The Labute approximate surface area is 184 Å². The molecule has 0 fully saturated rings. The van der Waals surface area contributed by atoms with Gasteiger partial charge in [0.2, 0.25) is 0 Å². The van der Waals surface area contributed by atoms with Crippen molar-refractivity contribution >= 4 is 11.8 Å². The molecule has 4 nitrogen and oxygen atoms in total. The van der Waals surface area contributed by atoms with Gasteiger partial charge in [-0.1, -0.05) is 25.0 Å². The molecule has 0 saturated heterocycles. The molecule has 0 aliphatic rings. The first-order chi connectivity index (χ1) is 14.7. The van der Waals surface area contributed by atoms with E-state index in [0.717, 1.165) is 64.8 Å². The molecule has 31 heavy (non-hydrogen) atoms. The molecular formula is C26H33FO4. The molecule has 0 saturated carbocycles. The van der Waals surface area contributed by atoms with Crippen LogP contribution >= 0.6 is 0 Å². The first-order valence-corrected chi connectivity index (χ1v) is 10.7. The van der Waals surface area contributed by atoms with Crippen LogP contribution < -0.4 is 4.74 Å². The van der Waals surface area contributed by atoms with E-state index in [-0.39, 0.29) is 23.5 Å². The molecule has 2 aromatic carbocycles. The van der Waals surface area contributed by atoms with Gasteiger partial charge in [0.15, 0.2) is 5.78 Å². The fourth-order valence-electron chi connectivity index (χ4n) is 4.43. The highest BCUT2D eigenvalue weighted by molar-refractivity contribution is 5.98. The normalized spacial score (nSPS) is 11.8. The van der Waals surface area contributed by atoms with Crippen molar-refractivity contribution in [2.24, 2.45) is 0 Å². The summed E-state index contributed by atoms with van der Waals surface area (Å²) in [6, 6.07) is 6.54. The summed E-state index contributed by atoms with van der Waals surface area (Å²) in [5, 5.41) is 0. The lowest BCUT2D eigenvalue weighted by atomic mass is 9.79. The van der Waals surface area contributed by atoms with Crippen LogP contribution in [0.25, 0.3) is 0 Å². The van der Waals surface area contributed by atoms with E-state index < -0.39 is 0 Å². The van der Waals surface area contributed by atoms with Gasteiger partial charge in [-0.3, -0.25) is 9.59 Å². The second-order valence-corrected chi connectivity index (χ2v) is 8.03. The van der Waals surface area contributed by atoms with Crippen molar-refractivity contribution in [3.63, 3.8) is 0 Å². The molecule has 2 rings (SSSR count). The zero-order valence-corrected chi connectivity index (χ0v) is 19.4. The minimum absolute atomic E-state index is 0.0259. The molecule has 0 aliphatic carbocycles. The molecule has 0 aromatic heterocycles. The quantitative estimate of drug-likeness (QED) is 0.256. The van der Waals surface area contributed by atoms with Gasteiger partial charge in [-0.15, -0.1) is 0 Å². The van der Waals surface area contributed by atoms with E-state index in [9.17, 15) is 14.0 Å². The van der Waals surface area contributed by atoms with Crippen molar-refractivity contribution in [3.05, 3.63) is 63.5 Å². The van der Waals surface area contributed by atoms with Gasteiger partial charge in [0.25, 0.3) is 0 Å². The van der Waals surface area contributed by atoms with Crippen LogP contribution in [0.1, 0.15) is 83.1 Å². The highest BCUT2D eigenvalue weighted by atomic mass is 19.1. The fourth-order valence-corrected chi connectivity index (χ4v) is 4.43. The molecule has 168 valence electrons. The van der Waals surface area contributed by atoms with Crippen molar-refractivity contribution in [3.8, 4) is 5.75 Å². The average Bonchev–Trinajstić information content (AvgIpc) is 2.74. The molecule has 0 radical (unpaired) electrons. The topological polar surface area (TPSA) is 52.6 Å². The molecule has 0 amide bonds. The Morgan fingerprint density at radius 3 is 2.13 bits per heavy atom. The van der Waals surface area contributed by atoms with Gasteiger partial charge in [-0.2, -0.15) is 0 Å². The van der Waals surface area contributed by atoms with Crippen LogP contribution in [0.3, 0.4) is 0 Å². The summed E-state index contributed by atoms with van der Waals surface area (Å²) in [7, 11) is 3.05. The molecule has 0 heterocycles. The molecule has 0 aliphatic heterocycles. The number of rotatable bonds is 10. The highest BCUT2D eigenvalue weighted by Gasteiger charge is 2.27. The predicted octanol–water partition coefficient (Wildman–Crippen LogP) is 6.22. The van der Waals surface area contributed by atoms with E-state index in [4.69, 9.17) is 9.47 Å². The van der Waals surface area contributed by atoms with Crippen molar-refractivity contribution in [1.29, 1.82) is 0 Å². The van der Waals surface area contributed by atoms with Crippen LogP contribution in [0.15, 0.2) is 24.3 Å². The Morgan fingerprint density at radius 1 is 0.935 bits per heavy atom. The third-order valence-corrected chi connectivity index (χ3v) is 6.08. The summed E-state index contributed by atoms with van der Waals surface area (Å²) in [6.45, 7) is 7.48. The van der Waals surface area contributed by atoms with Crippen LogP contribution in [-0.2, 0) is 9.53 Å². The number of hydrogen-bond acceptors (Lipinski definition) is 4. The number of ketones is 1. The van der Waals surface area contributed by atoms with E-state index in [1.807, 2.05) is 20.8 Å². The number of methoxy groups -OCH3 is 2. The van der Waals surface area contributed by atoms with E-state index in [0.29, 0.717) is 6.42 Å². The number of ether oxygens (including phenoxy) is 2. The Bertz CT molecular complexity index is 932. The van der Waals surface area contributed by atoms with Crippen LogP contribution in [0.4, 0.5) is 4.39 Å². The third kappa shape index (κ3) is 5.72. The third-order valence-electron chi connectivity index (χ3n) is 6.08. The minimum atomic E-state index is -0.284.